The Morgan fingerprint density at radius 2 is 1.28 bits per heavy atom. The minimum Gasteiger partial charge on any atom is -0.741 e. The van der Waals surface area contributed by atoms with Gasteiger partial charge < -0.3 is 9.66 Å². The van der Waals surface area contributed by atoms with Gasteiger partial charge in [0.05, 0.1) is 16.3 Å². The summed E-state index contributed by atoms with van der Waals surface area (Å²) >= 11 is 0. The maximum absolute atomic E-state index is 11.9. The van der Waals surface area contributed by atoms with Crippen LogP contribution in [-0.4, -0.2) is 29.6 Å². The number of carboxylic acids is 1. The van der Waals surface area contributed by atoms with E-state index >= 15 is 0 Å². The lowest BCUT2D eigenvalue weighted by Crippen LogP contribution is -2.34. The Labute approximate surface area is 180 Å². The number of nitrogens with zero attached hydrogens (tertiary/aromatic N) is 1. The predicted molar refractivity (Wildman–Crippen MR) is 110 cm³/mol. The summed E-state index contributed by atoms with van der Waals surface area (Å²) in [5, 5.41) is 11.3. The van der Waals surface area contributed by atoms with Gasteiger partial charge in [0, 0.05) is 23.8 Å². The zero-order valence-electron chi connectivity index (χ0n) is 16.5. The largest absolute Gasteiger partial charge is 0.741 e. The van der Waals surface area contributed by atoms with Crippen LogP contribution in [0.15, 0.2) is 72.8 Å². The van der Waals surface area contributed by atoms with Gasteiger partial charge in [0.1, 0.15) is 0 Å². The molecule has 0 aliphatic heterocycles. The fourth-order valence-corrected chi connectivity index (χ4v) is 3.34. The van der Waals surface area contributed by atoms with E-state index in [0.717, 1.165) is 33.1 Å². The normalized spacial score (nSPS) is 11.8. The van der Waals surface area contributed by atoms with Crippen molar-refractivity contribution in [3.05, 3.63) is 83.9 Å². The molecule has 0 aliphatic rings. The molecule has 32 heavy (non-hydrogen) atoms. The van der Waals surface area contributed by atoms with Crippen LogP contribution in [-0.2, 0) is 10.1 Å². The average Bonchev–Trinajstić information content (AvgIpc) is 2.71. The molecule has 0 aliphatic carbocycles. The molecule has 0 spiro atoms. The molecule has 0 amide bonds. The molecule has 1 N–H and O–H groups in total. The Hall–Kier alpha value is -3.50. The van der Waals surface area contributed by atoms with Gasteiger partial charge in [-0.2, -0.15) is 17.7 Å². The average molecular weight is 463 g/mol. The molecule has 1 aromatic heterocycles. The molecule has 10 heteroatoms. The summed E-state index contributed by atoms with van der Waals surface area (Å²) in [5.41, 5.74) is -1.31. The van der Waals surface area contributed by atoms with Crippen molar-refractivity contribution in [1.29, 1.82) is 0 Å². The van der Waals surface area contributed by atoms with Crippen molar-refractivity contribution in [3.8, 4) is 5.69 Å². The molecule has 0 unspecified atom stereocenters. The van der Waals surface area contributed by atoms with Crippen LogP contribution in [0.25, 0.3) is 27.5 Å². The van der Waals surface area contributed by atoms with Gasteiger partial charge in [-0.3, -0.25) is 0 Å². The van der Waals surface area contributed by atoms with E-state index in [4.69, 9.17) is 13.0 Å². The number of benzene rings is 3. The Bertz CT molecular complexity index is 1380. The third-order valence-corrected chi connectivity index (χ3v) is 5.25. The third kappa shape index (κ3) is 4.41. The van der Waals surface area contributed by atoms with E-state index in [1.165, 1.54) is 0 Å². The SMILES string of the molecule is Cc1ccccc1-[n+]1c2ccccc2c(C(=O)O)c2ccccc21.O=S(=O)([O-])C(F)(F)F. The lowest BCUT2D eigenvalue weighted by molar-refractivity contribution is -0.538. The predicted octanol–water partition coefficient (Wildman–Crippen LogP) is 4.33. The second-order valence-electron chi connectivity index (χ2n) is 6.74. The standard InChI is InChI=1S/C21H15NO2.CHF3O3S/c1-14-8-2-5-11-17(14)22-18-12-6-3-9-15(18)20(21(23)24)16-10-4-7-13-19(16)22;2-1(3,4)8(5,6)7/h2-13H,1H3;(H,5,6,7). The van der Waals surface area contributed by atoms with Crippen LogP contribution < -0.4 is 4.57 Å². The fraction of sp³-hybridized carbons (Fsp3) is 0.0909. The van der Waals surface area contributed by atoms with E-state index < -0.39 is 21.6 Å². The number of halogens is 3. The first-order valence-corrected chi connectivity index (χ1v) is 10.5. The van der Waals surface area contributed by atoms with E-state index in [1.54, 1.807) is 0 Å². The molecule has 4 aromatic rings. The van der Waals surface area contributed by atoms with Gasteiger partial charge in [0.15, 0.2) is 10.1 Å². The number of aromatic carboxylic acids is 1. The van der Waals surface area contributed by atoms with Crippen molar-refractivity contribution in [2.75, 3.05) is 0 Å². The van der Waals surface area contributed by atoms with E-state index in [0.29, 0.717) is 5.56 Å². The van der Waals surface area contributed by atoms with Crippen molar-refractivity contribution in [1.82, 2.24) is 0 Å². The number of hydrogen-bond donors (Lipinski definition) is 1. The van der Waals surface area contributed by atoms with Crippen LogP contribution in [0.3, 0.4) is 0 Å². The summed E-state index contributed by atoms with van der Waals surface area (Å²) in [5.74, 6) is -0.903. The molecule has 3 aromatic carbocycles. The minimum absolute atomic E-state index is 0.353. The first-order chi connectivity index (χ1) is 14.9. The monoisotopic (exact) mass is 463 g/mol. The Kier molecular flexibility index (Phi) is 6.20. The molecular weight excluding hydrogens is 447 g/mol. The molecular formula is C22H16F3NO5S. The van der Waals surface area contributed by atoms with Crippen LogP contribution in [0, 0.1) is 6.92 Å². The highest BCUT2D eigenvalue weighted by Gasteiger charge is 2.37. The van der Waals surface area contributed by atoms with Gasteiger partial charge in [-0.15, -0.1) is 0 Å². The molecule has 0 atom stereocenters. The molecule has 0 bridgehead atoms. The number of rotatable bonds is 2. The second kappa shape index (κ2) is 8.56. The van der Waals surface area contributed by atoms with Gasteiger partial charge in [0.2, 0.25) is 16.7 Å². The maximum Gasteiger partial charge on any atom is 0.485 e. The summed E-state index contributed by atoms with van der Waals surface area (Å²) in [7, 11) is -6.09. The second-order valence-corrected chi connectivity index (χ2v) is 8.11. The van der Waals surface area contributed by atoms with E-state index in [1.807, 2.05) is 60.7 Å². The first kappa shape index (κ1) is 23.2. The highest BCUT2D eigenvalue weighted by Crippen LogP contribution is 2.27. The minimum atomic E-state index is -6.09. The number of alkyl halides is 3. The number of carboxylic acid groups (broad SMARTS) is 1. The summed E-state index contributed by atoms with van der Waals surface area (Å²) in [6.07, 6.45) is 0. The maximum atomic E-state index is 11.9. The number of para-hydroxylation sites is 3. The number of pyridine rings is 1. The van der Waals surface area contributed by atoms with E-state index in [-0.39, 0.29) is 0 Å². The number of hydrogen-bond acceptors (Lipinski definition) is 4. The molecule has 0 radical (unpaired) electrons. The Morgan fingerprint density at radius 1 is 0.875 bits per heavy atom. The number of carbonyl (C=O) groups is 1. The van der Waals surface area contributed by atoms with Gasteiger partial charge in [-0.1, -0.05) is 42.5 Å². The van der Waals surface area contributed by atoms with Crippen molar-refractivity contribution in [2.45, 2.75) is 12.4 Å². The zero-order valence-corrected chi connectivity index (χ0v) is 17.3. The summed E-state index contributed by atoms with van der Waals surface area (Å²) in [6, 6.07) is 23.5. The molecule has 0 saturated carbocycles. The van der Waals surface area contributed by atoms with Crippen LogP contribution in [0.2, 0.25) is 0 Å². The summed E-state index contributed by atoms with van der Waals surface area (Å²) < 4.78 is 61.0. The number of aryl methyl sites for hydroxylation is 1. The van der Waals surface area contributed by atoms with Gasteiger partial charge in [0.25, 0.3) is 0 Å². The Morgan fingerprint density at radius 3 is 1.69 bits per heavy atom. The topological polar surface area (TPSA) is 98.4 Å². The van der Waals surface area contributed by atoms with Crippen LogP contribution >= 0.6 is 0 Å². The third-order valence-electron chi connectivity index (χ3n) is 4.68. The number of fused-ring (bicyclic) bond motifs is 2. The quantitative estimate of drug-likeness (QED) is 0.207. The molecule has 0 fully saturated rings. The van der Waals surface area contributed by atoms with Crippen LogP contribution in [0.5, 0.6) is 0 Å². The van der Waals surface area contributed by atoms with Crippen molar-refractivity contribution in [2.24, 2.45) is 0 Å². The van der Waals surface area contributed by atoms with E-state index in [9.17, 15) is 23.1 Å². The zero-order chi connectivity index (χ0) is 23.7. The molecule has 4 rings (SSSR count). The fourth-order valence-electron chi connectivity index (χ4n) is 3.34. The van der Waals surface area contributed by atoms with Crippen molar-refractivity contribution < 1.29 is 40.6 Å². The Balaban J connectivity index is 0.000000312. The highest BCUT2D eigenvalue weighted by molar-refractivity contribution is 7.86. The highest BCUT2D eigenvalue weighted by atomic mass is 32.2. The number of aromatic nitrogens is 1. The smallest absolute Gasteiger partial charge is 0.485 e. The molecule has 0 saturated heterocycles. The molecule has 166 valence electrons. The lowest BCUT2D eigenvalue weighted by Gasteiger charge is -2.10. The van der Waals surface area contributed by atoms with Gasteiger partial charge >= 0.3 is 11.5 Å². The van der Waals surface area contributed by atoms with Gasteiger partial charge in [-0.05, 0) is 19.1 Å². The van der Waals surface area contributed by atoms with E-state index in [2.05, 4.69) is 23.6 Å². The van der Waals surface area contributed by atoms with Crippen LogP contribution in [0.4, 0.5) is 13.2 Å². The summed E-state index contributed by atoms with van der Waals surface area (Å²) in [6.45, 7) is 2.07. The first-order valence-electron chi connectivity index (χ1n) is 9.10. The molecule has 1 heterocycles. The van der Waals surface area contributed by atoms with Gasteiger partial charge in [-0.25, -0.2) is 13.2 Å². The summed E-state index contributed by atoms with van der Waals surface area (Å²) in [4.78, 5) is 11.9. The van der Waals surface area contributed by atoms with Crippen molar-refractivity contribution in [3.63, 3.8) is 0 Å². The molecule has 6 nitrogen and oxygen atoms in total. The van der Waals surface area contributed by atoms with Crippen LogP contribution in [0.1, 0.15) is 15.9 Å². The van der Waals surface area contributed by atoms with Crippen molar-refractivity contribution >= 4 is 37.9 Å². The lowest BCUT2D eigenvalue weighted by atomic mass is 10.0.